The third-order valence-electron chi connectivity index (χ3n) is 5.95. The molecule has 9 nitrogen and oxygen atoms in total. The molecule has 156 valence electrons. The molecule has 5 rings (SSSR count). The molecule has 1 N–H and O–H groups in total. The van der Waals surface area contributed by atoms with Crippen molar-refractivity contribution in [3.8, 4) is 0 Å². The number of cyclic esters (lactones) is 1. The summed E-state index contributed by atoms with van der Waals surface area (Å²) in [5.41, 5.74) is 2.76. The second-order valence-electron chi connectivity index (χ2n) is 7.63. The molecular formula is C20H20FN5O4. The van der Waals surface area contributed by atoms with Crippen LogP contribution < -0.4 is 4.90 Å². The molecule has 1 unspecified atom stereocenters. The zero-order chi connectivity index (χ0) is 20.8. The lowest BCUT2D eigenvalue weighted by molar-refractivity contribution is -0.133. The minimum absolute atomic E-state index is 0.218. The van der Waals surface area contributed by atoms with Crippen LogP contribution in [0.1, 0.15) is 17.5 Å². The predicted molar refractivity (Wildman–Crippen MR) is 103 cm³/mol. The van der Waals surface area contributed by atoms with E-state index < -0.39 is 24.6 Å². The molecule has 30 heavy (non-hydrogen) atoms. The summed E-state index contributed by atoms with van der Waals surface area (Å²) in [6.07, 6.45) is 5.28. The highest BCUT2D eigenvalue weighted by Gasteiger charge is 2.48. The lowest BCUT2D eigenvalue weighted by atomic mass is 9.95. The number of hydrogen-bond donors (Lipinski definition) is 1. The number of anilines is 1. The number of hydrogen-bond acceptors (Lipinski definition) is 6. The summed E-state index contributed by atoms with van der Waals surface area (Å²) >= 11 is 0. The average molecular weight is 413 g/mol. The van der Waals surface area contributed by atoms with Crippen LogP contribution in [-0.2, 0) is 22.5 Å². The van der Waals surface area contributed by atoms with Crippen molar-refractivity contribution >= 4 is 23.3 Å². The van der Waals surface area contributed by atoms with Gasteiger partial charge in [-0.05, 0) is 36.1 Å². The number of carbonyl (C=O) groups excluding carboxylic acids is 2. The third kappa shape index (κ3) is 3.04. The van der Waals surface area contributed by atoms with Crippen molar-refractivity contribution in [2.45, 2.75) is 31.5 Å². The van der Waals surface area contributed by atoms with Gasteiger partial charge in [-0.3, -0.25) is 9.69 Å². The highest BCUT2D eigenvalue weighted by molar-refractivity contribution is 5.94. The maximum atomic E-state index is 15.0. The number of aliphatic hydroxyl groups excluding tert-OH is 1. The van der Waals surface area contributed by atoms with Crippen LogP contribution in [0, 0.1) is 5.82 Å². The number of benzene rings is 1. The summed E-state index contributed by atoms with van der Waals surface area (Å²) in [6.45, 7) is 0.630. The molecule has 10 heteroatoms. The Hall–Kier alpha value is -3.27. The van der Waals surface area contributed by atoms with E-state index in [1.54, 1.807) is 23.1 Å². The van der Waals surface area contributed by atoms with Gasteiger partial charge in [0.15, 0.2) is 0 Å². The van der Waals surface area contributed by atoms with E-state index in [-0.39, 0.29) is 11.9 Å². The van der Waals surface area contributed by atoms with E-state index in [0.29, 0.717) is 43.7 Å². The van der Waals surface area contributed by atoms with Crippen LogP contribution in [0.2, 0.25) is 0 Å². The topological polar surface area (TPSA) is 101 Å². The van der Waals surface area contributed by atoms with Crippen molar-refractivity contribution in [1.82, 2.24) is 19.9 Å². The molecule has 2 aromatic rings. The van der Waals surface area contributed by atoms with Crippen LogP contribution in [0.25, 0.3) is 5.57 Å². The molecule has 2 amide bonds. The van der Waals surface area contributed by atoms with Gasteiger partial charge in [0.2, 0.25) is 5.91 Å². The molecule has 1 aromatic heterocycles. The summed E-state index contributed by atoms with van der Waals surface area (Å²) in [5.74, 6) is -0.743. The Morgan fingerprint density at radius 1 is 1.37 bits per heavy atom. The van der Waals surface area contributed by atoms with Gasteiger partial charge in [0, 0.05) is 24.8 Å². The first kappa shape index (κ1) is 18.7. The molecule has 2 atom stereocenters. The van der Waals surface area contributed by atoms with Gasteiger partial charge in [-0.15, -0.1) is 5.10 Å². The summed E-state index contributed by atoms with van der Waals surface area (Å²) in [5, 5.41) is 16.7. The largest absolute Gasteiger partial charge is 0.442 e. The third-order valence-corrected chi connectivity index (χ3v) is 5.95. The Morgan fingerprint density at radius 3 is 2.93 bits per heavy atom. The minimum atomic E-state index is -0.528. The van der Waals surface area contributed by atoms with E-state index >= 15 is 0 Å². The number of carbonyl (C=O) groups is 2. The van der Waals surface area contributed by atoms with Crippen molar-refractivity contribution in [1.29, 1.82) is 0 Å². The fourth-order valence-corrected chi connectivity index (χ4v) is 4.45. The summed E-state index contributed by atoms with van der Waals surface area (Å²) in [4.78, 5) is 27.1. The Morgan fingerprint density at radius 2 is 2.23 bits per heavy atom. The van der Waals surface area contributed by atoms with Crippen LogP contribution in [0.4, 0.5) is 14.9 Å². The molecule has 0 aliphatic carbocycles. The number of halogens is 1. The number of rotatable bonds is 4. The van der Waals surface area contributed by atoms with E-state index in [1.165, 1.54) is 15.9 Å². The number of ether oxygens (including phenoxy) is 1. The highest BCUT2D eigenvalue weighted by Crippen LogP contribution is 2.41. The quantitative estimate of drug-likeness (QED) is 0.802. The molecule has 0 bridgehead atoms. The van der Waals surface area contributed by atoms with Crippen molar-refractivity contribution in [3.63, 3.8) is 0 Å². The second-order valence-corrected chi connectivity index (χ2v) is 7.63. The first-order valence-electron chi connectivity index (χ1n) is 9.79. The molecule has 0 radical (unpaired) electrons. The van der Waals surface area contributed by atoms with Crippen molar-refractivity contribution < 1.29 is 23.8 Å². The highest BCUT2D eigenvalue weighted by atomic mass is 19.1. The van der Waals surface area contributed by atoms with Gasteiger partial charge < -0.3 is 14.7 Å². The average Bonchev–Trinajstić information content (AvgIpc) is 3.46. The molecular weight excluding hydrogens is 393 g/mol. The summed E-state index contributed by atoms with van der Waals surface area (Å²) < 4.78 is 22.1. The van der Waals surface area contributed by atoms with Crippen molar-refractivity contribution in [3.05, 3.63) is 47.5 Å². The standard InChI is InChI=1S/C20H20FN5O4/c21-15-9-16-13(7-14(15)12-1-4-24(5-2-12)19(28)11-27)8-17-18(30-20(29)26(16)17)10-25-6-3-22-23-25/h1,3,6-7,9,17-18,27H,2,4-5,8,10-11H2/t17?,18-/m0/s1. The van der Waals surface area contributed by atoms with E-state index in [0.717, 1.165) is 11.1 Å². The van der Waals surface area contributed by atoms with Gasteiger partial charge in [0.05, 0.1) is 24.5 Å². The molecule has 1 saturated heterocycles. The Kier molecular flexibility index (Phi) is 4.50. The molecule has 1 fully saturated rings. The summed E-state index contributed by atoms with van der Waals surface area (Å²) in [7, 11) is 0. The van der Waals surface area contributed by atoms with E-state index in [2.05, 4.69) is 10.3 Å². The molecule has 3 aliphatic heterocycles. The maximum Gasteiger partial charge on any atom is 0.415 e. The minimum Gasteiger partial charge on any atom is -0.442 e. The summed E-state index contributed by atoms with van der Waals surface area (Å²) in [6, 6.07) is 2.98. The van der Waals surface area contributed by atoms with Crippen molar-refractivity contribution in [2.75, 3.05) is 24.6 Å². The normalized spacial score (nSPS) is 22.6. The number of amides is 2. The van der Waals surface area contributed by atoms with E-state index in [4.69, 9.17) is 9.84 Å². The van der Waals surface area contributed by atoms with Crippen LogP contribution in [0.3, 0.4) is 0 Å². The van der Waals surface area contributed by atoms with Crippen LogP contribution in [-0.4, -0.2) is 68.8 Å². The monoisotopic (exact) mass is 413 g/mol. The van der Waals surface area contributed by atoms with Gasteiger partial charge in [0.1, 0.15) is 18.5 Å². The number of aliphatic hydroxyl groups is 1. The van der Waals surface area contributed by atoms with Crippen LogP contribution >= 0.6 is 0 Å². The van der Waals surface area contributed by atoms with Gasteiger partial charge in [-0.1, -0.05) is 11.3 Å². The van der Waals surface area contributed by atoms with Crippen LogP contribution in [0.5, 0.6) is 0 Å². The number of fused-ring (bicyclic) bond motifs is 3. The SMILES string of the molecule is O=C(CO)N1CC=C(c2cc3c(cc2F)N2C(=O)O[C@@H](Cn4ccnn4)C2C3)CC1. The Bertz CT molecular complexity index is 1040. The molecule has 0 spiro atoms. The maximum absolute atomic E-state index is 15.0. The van der Waals surface area contributed by atoms with Gasteiger partial charge in [-0.2, -0.15) is 0 Å². The van der Waals surface area contributed by atoms with E-state index in [9.17, 15) is 14.0 Å². The van der Waals surface area contributed by atoms with Crippen LogP contribution in [0.15, 0.2) is 30.6 Å². The molecule has 3 aliphatic rings. The number of nitrogens with zero attached hydrogens (tertiary/aromatic N) is 5. The lowest BCUT2D eigenvalue weighted by Gasteiger charge is -2.26. The zero-order valence-electron chi connectivity index (χ0n) is 16.1. The Balaban J connectivity index is 1.40. The van der Waals surface area contributed by atoms with Crippen molar-refractivity contribution in [2.24, 2.45) is 0 Å². The lowest BCUT2D eigenvalue weighted by Crippen LogP contribution is -2.36. The molecule has 4 heterocycles. The smallest absolute Gasteiger partial charge is 0.415 e. The van der Waals surface area contributed by atoms with Gasteiger partial charge in [-0.25, -0.2) is 13.9 Å². The van der Waals surface area contributed by atoms with Gasteiger partial charge in [0.25, 0.3) is 0 Å². The second kappa shape index (κ2) is 7.21. The zero-order valence-corrected chi connectivity index (χ0v) is 16.1. The Labute approximate surface area is 171 Å². The van der Waals surface area contributed by atoms with E-state index in [1.807, 2.05) is 6.08 Å². The fraction of sp³-hybridized carbons (Fsp3) is 0.400. The molecule has 0 saturated carbocycles. The number of aromatic nitrogens is 3. The van der Waals surface area contributed by atoms with Gasteiger partial charge >= 0.3 is 6.09 Å². The predicted octanol–water partition coefficient (Wildman–Crippen LogP) is 0.975. The first-order chi connectivity index (χ1) is 14.5. The first-order valence-corrected chi connectivity index (χ1v) is 9.79. The fourth-order valence-electron chi connectivity index (χ4n) is 4.45. The molecule has 1 aromatic carbocycles.